The maximum atomic E-state index is 4.23. The van der Waals surface area contributed by atoms with Gasteiger partial charge in [0.2, 0.25) is 0 Å². The Morgan fingerprint density at radius 3 is 2.47 bits per heavy atom. The topological polar surface area (TPSA) is 28.7 Å². The van der Waals surface area contributed by atoms with E-state index in [1.165, 1.54) is 22.3 Å². The monoisotopic (exact) mass is 222 g/mol. The third-order valence-electron chi connectivity index (χ3n) is 3.26. The van der Waals surface area contributed by atoms with Crippen molar-refractivity contribution in [2.24, 2.45) is 0 Å². The number of nitrogens with zero attached hydrogens (tertiary/aromatic N) is 1. The van der Waals surface area contributed by atoms with Gasteiger partial charge in [0, 0.05) is 0 Å². The lowest BCUT2D eigenvalue weighted by molar-refractivity contribution is 1.34. The van der Waals surface area contributed by atoms with Crippen LogP contribution in [0.5, 0.6) is 0 Å². The number of hydrogen-bond donors (Lipinski definition) is 1. The van der Waals surface area contributed by atoms with Crippen molar-refractivity contribution in [3.8, 4) is 11.1 Å². The molecule has 2 heteroatoms. The third-order valence-corrected chi connectivity index (χ3v) is 3.26. The molecular weight excluding hydrogens is 208 g/mol. The smallest absolute Gasteiger partial charge is 0.0931 e. The first kappa shape index (κ1) is 10.1. The van der Waals surface area contributed by atoms with Crippen LogP contribution in [0.2, 0.25) is 0 Å². The fraction of sp³-hybridized carbons (Fsp3) is 0.133. The van der Waals surface area contributed by atoms with Crippen molar-refractivity contribution in [2.75, 3.05) is 0 Å². The molecule has 0 aliphatic heterocycles. The highest BCUT2D eigenvalue weighted by molar-refractivity contribution is 5.81. The molecule has 17 heavy (non-hydrogen) atoms. The van der Waals surface area contributed by atoms with Gasteiger partial charge in [-0.15, -0.1) is 0 Å². The van der Waals surface area contributed by atoms with Crippen LogP contribution in [0.1, 0.15) is 11.1 Å². The number of aryl methyl sites for hydroxylation is 2. The van der Waals surface area contributed by atoms with Crippen LogP contribution in [0.3, 0.4) is 0 Å². The first-order chi connectivity index (χ1) is 8.24. The van der Waals surface area contributed by atoms with Crippen LogP contribution in [0.15, 0.2) is 42.7 Å². The van der Waals surface area contributed by atoms with Crippen molar-refractivity contribution in [1.29, 1.82) is 0 Å². The van der Waals surface area contributed by atoms with Gasteiger partial charge in [0.1, 0.15) is 0 Å². The van der Waals surface area contributed by atoms with E-state index in [4.69, 9.17) is 0 Å². The van der Waals surface area contributed by atoms with Gasteiger partial charge in [-0.3, -0.25) is 0 Å². The maximum absolute atomic E-state index is 4.23. The molecule has 0 spiro atoms. The number of H-pyrrole nitrogens is 1. The highest BCUT2D eigenvalue weighted by Gasteiger charge is 2.02. The lowest BCUT2D eigenvalue weighted by Crippen LogP contribution is -1.83. The van der Waals surface area contributed by atoms with Crippen LogP contribution in [-0.4, -0.2) is 9.97 Å². The van der Waals surface area contributed by atoms with Crippen LogP contribution >= 0.6 is 0 Å². The summed E-state index contributed by atoms with van der Waals surface area (Å²) >= 11 is 0. The van der Waals surface area contributed by atoms with Gasteiger partial charge in [0.25, 0.3) is 0 Å². The third kappa shape index (κ3) is 1.72. The quantitative estimate of drug-likeness (QED) is 0.665. The largest absolute Gasteiger partial charge is 0.345 e. The van der Waals surface area contributed by atoms with Crippen LogP contribution in [0.25, 0.3) is 22.2 Å². The van der Waals surface area contributed by atoms with E-state index < -0.39 is 0 Å². The van der Waals surface area contributed by atoms with Crippen molar-refractivity contribution in [2.45, 2.75) is 13.8 Å². The van der Waals surface area contributed by atoms with E-state index in [-0.39, 0.29) is 0 Å². The van der Waals surface area contributed by atoms with E-state index in [2.05, 4.69) is 60.2 Å². The molecular formula is C15H14N2. The SMILES string of the molecule is Cc1ccc(-c2ccc3nc[nH]c3c2)cc1C. The summed E-state index contributed by atoms with van der Waals surface area (Å²) in [5, 5.41) is 0. The number of imidazole rings is 1. The van der Waals surface area contributed by atoms with Crippen LogP contribution in [0, 0.1) is 13.8 Å². The Hall–Kier alpha value is -2.09. The number of rotatable bonds is 1. The fourth-order valence-corrected chi connectivity index (χ4v) is 2.04. The van der Waals surface area contributed by atoms with E-state index in [1.54, 1.807) is 6.33 Å². The van der Waals surface area contributed by atoms with Crippen molar-refractivity contribution >= 4 is 11.0 Å². The molecule has 0 saturated heterocycles. The number of hydrogen-bond acceptors (Lipinski definition) is 1. The van der Waals surface area contributed by atoms with Gasteiger partial charge in [0.15, 0.2) is 0 Å². The van der Waals surface area contributed by atoms with E-state index in [0.29, 0.717) is 0 Å². The van der Waals surface area contributed by atoms with E-state index in [1.807, 2.05) is 0 Å². The minimum absolute atomic E-state index is 1.01. The average molecular weight is 222 g/mol. The van der Waals surface area contributed by atoms with Crippen molar-refractivity contribution in [1.82, 2.24) is 9.97 Å². The average Bonchev–Trinajstić information content (AvgIpc) is 2.79. The zero-order valence-corrected chi connectivity index (χ0v) is 9.99. The molecule has 3 rings (SSSR count). The Balaban J connectivity index is 2.16. The summed E-state index contributed by atoms with van der Waals surface area (Å²) in [5.74, 6) is 0. The zero-order valence-electron chi connectivity index (χ0n) is 9.99. The van der Waals surface area contributed by atoms with Gasteiger partial charge < -0.3 is 4.98 Å². The molecule has 0 bridgehead atoms. The second kappa shape index (κ2) is 3.74. The molecule has 0 amide bonds. The number of aromatic nitrogens is 2. The summed E-state index contributed by atoms with van der Waals surface area (Å²) in [7, 11) is 0. The molecule has 0 aliphatic rings. The van der Waals surface area contributed by atoms with Gasteiger partial charge in [0.05, 0.1) is 17.4 Å². The molecule has 3 aromatic rings. The summed E-state index contributed by atoms with van der Waals surface area (Å²) in [4.78, 5) is 7.37. The molecule has 0 aliphatic carbocycles. The minimum atomic E-state index is 1.01. The van der Waals surface area contributed by atoms with E-state index >= 15 is 0 Å². The molecule has 0 radical (unpaired) electrons. The molecule has 0 saturated carbocycles. The first-order valence-corrected chi connectivity index (χ1v) is 5.75. The zero-order chi connectivity index (χ0) is 11.8. The molecule has 2 aromatic carbocycles. The van der Waals surface area contributed by atoms with Gasteiger partial charge >= 0.3 is 0 Å². The summed E-state index contributed by atoms with van der Waals surface area (Å²) in [6.07, 6.45) is 1.73. The molecule has 1 N–H and O–H groups in total. The second-order valence-corrected chi connectivity index (χ2v) is 4.43. The fourth-order valence-electron chi connectivity index (χ4n) is 2.04. The molecule has 1 heterocycles. The Morgan fingerprint density at radius 1 is 0.882 bits per heavy atom. The van der Waals surface area contributed by atoms with Gasteiger partial charge in [-0.25, -0.2) is 4.98 Å². The van der Waals surface area contributed by atoms with Crippen LogP contribution in [0.4, 0.5) is 0 Å². The Morgan fingerprint density at radius 2 is 1.65 bits per heavy atom. The summed E-state index contributed by atoms with van der Waals surface area (Å²) in [6, 6.07) is 12.9. The summed E-state index contributed by atoms with van der Waals surface area (Å²) in [5.41, 5.74) is 7.23. The molecule has 0 fully saturated rings. The Bertz CT molecular complexity index is 680. The van der Waals surface area contributed by atoms with Gasteiger partial charge in [-0.1, -0.05) is 24.3 Å². The first-order valence-electron chi connectivity index (χ1n) is 5.75. The predicted molar refractivity (Wildman–Crippen MR) is 71.0 cm³/mol. The predicted octanol–water partition coefficient (Wildman–Crippen LogP) is 3.85. The standard InChI is InChI=1S/C15H14N2/c1-10-3-4-12(7-11(10)2)13-5-6-14-15(8-13)17-9-16-14/h3-9H,1-2H3,(H,16,17). The minimum Gasteiger partial charge on any atom is -0.345 e. The van der Waals surface area contributed by atoms with Crippen LogP contribution < -0.4 is 0 Å². The molecule has 0 unspecified atom stereocenters. The number of fused-ring (bicyclic) bond motifs is 1. The summed E-state index contributed by atoms with van der Waals surface area (Å²) < 4.78 is 0. The van der Waals surface area contributed by atoms with Crippen molar-refractivity contribution in [3.05, 3.63) is 53.9 Å². The van der Waals surface area contributed by atoms with Crippen LogP contribution in [-0.2, 0) is 0 Å². The lowest BCUT2D eigenvalue weighted by atomic mass is 10.0. The van der Waals surface area contributed by atoms with Crippen molar-refractivity contribution < 1.29 is 0 Å². The maximum Gasteiger partial charge on any atom is 0.0931 e. The molecule has 1 aromatic heterocycles. The normalized spacial score (nSPS) is 10.9. The Kier molecular flexibility index (Phi) is 2.22. The van der Waals surface area contributed by atoms with Gasteiger partial charge in [-0.05, 0) is 48.2 Å². The molecule has 84 valence electrons. The molecule has 2 nitrogen and oxygen atoms in total. The lowest BCUT2D eigenvalue weighted by Gasteiger charge is -2.05. The number of aromatic amines is 1. The van der Waals surface area contributed by atoms with Crippen molar-refractivity contribution in [3.63, 3.8) is 0 Å². The van der Waals surface area contributed by atoms with E-state index in [9.17, 15) is 0 Å². The molecule has 0 atom stereocenters. The van der Waals surface area contributed by atoms with Gasteiger partial charge in [-0.2, -0.15) is 0 Å². The Labute approximate surface area is 100 Å². The summed E-state index contributed by atoms with van der Waals surface area (Å²) in [6.45, 7) is 4.28. The number of nitrogens with one attached hydrogen (secondary N) is 1. The highest BCUT2D eigenvalue weighted by atomic mass is 14.9. The van der Waals surface area contributed by atoms with E-state index in [0.717, 1.165) is 11.0 Å². The second-order valence-electron chi connectivity index (χ2n) is 4.43. The highest BCUT2D eigenvalue weighted by Crippen LogP contribution is 2.24. The number of benzene rings is 2.